The van der Waals surface area contributed by atoms with E-state index in [9.17, 15) is 10.1 Å². The van der Waals surface area contributed by atoms with Gasteiger partial charge in [-0.25, -0.2) is 10.8 Å². The lowest BCUT2D eigenvalue weighted by Gasteiger charge is -2.06. The molecule has 19 heavy (non-hydrogen) atoms. The fourth-order valence-electron chi connectivity index (χ4n) is 1.39. The number of hydrogen-bond donors (Lipinski definition) is 3. The van der Waals surface area contributed by atoms with E-state index in [1.165, 1.54) is 12.1 Å². The summed E-state index contributed by atoms with van der Waals surface area (Å²) < 4.78 is 0. The van der Waals surface area contributed by atoms with Gasteiger partial charge in [-0.1, -0.05) is 0 Å². The minimum Gasteiger partial charge on any atom is -0.364 e. The average molecular weight is 261 g/mol. The number of anilines is 2. The van der Waals surface area contributed by atoms with Crippen LogP contribution in [0.5, 0.6) is 0 Å². The van der Waals surface area contributed by atoms with Gasteiger partial charge in [-0.2, -0.15) is 10.2 Å². The van der Waals surface area contributed by atoms with Crippen molar-refractivity contribution in [1.29, 1.82) is 0 Å². The van der Waals surface area contributed by atoms with Crippen LogP contribution in [-0.4, -0.2) is 20.1 Å². The van der Waals surface area contributed by atoms with Gasteiger partial charge in [0.1, 0.15) is 11.6 Å². The van der Waals surface area contributed by atoms with E-state index in [0.717, 1.165) is 0 Å². The number of nitrogens with two attached hydrogens (primary N) is 1. The molecule has 2 aromatic rings. The first-order valence-corrected chi connectivity index (χ1v) is 5.32. The number of pyridine rings is 1. The first-order chi connectivity index (χ1) is 9.19. The molecule has 0 fully saturated rings. The molecule has 2 heterocycles. The van der Waals surface area contributed by atoms with Crippen LogP contribution in [0.15, 0.2) is 30.5 Å². The largest absolute Gasteiger partial charge is 0.364 e. The molecule has 0 aliphatic heterocycles. The van der Waals surface area contributed by atoms with E-state index in [4.69, 9.17) is 5.84 Å². The SMILES string of the molecule is NNc1cc([N+](=O)[O-])cc(NCc2cccnn2)n1. The standard InChI is InChI=1S/C10H11N7O2/c11-15-10-5-8(17(18)19)4-9(14-10)12-6-7-2-1-3-13-16-7/h1-5H,6,11H2,(H2,12,14,15). The molecule has 4 N–H and O–H groups in total. The third-order valence-electron chi connectivity index (χ3n) is 2.25. The molecule has 0 spiro atoms. The molecular formula is C10H11N7O2. The van der Waals surface area contributed by atoms with Gasteiger partial charge in [-0.15, -0.1) is 0 Å². The topological polar surface area (TPSA) is 132 Å². The highest BCUT2D eigenvalue weighted by Gasteiger charge is 2.10. The molecule has 2 aromatic heterocycles. The van der Waals surface area contributed by atoms with Crippen molar-refractivity contribution in [3.63, 3.8) is 0 Å². The second kappa shape index (κ2) is 5.69. The van der Waals surface area contributed by atoms with Crippen LogP contribution >= 0.6 is 0 Å². The third-order valence-corrected chi connectivity index (χ3v) is 2.25. The van der Waals surface area contributed by atoms with Crippen LogP contribution in [-0.2, 0) is 6.54 Å². The van der Waals surface area contributed by atoms with E-state index in [-0.39, 0.29) is 11.5 Å². The van der Waals surface area contributed by atoms with Crippen molar-refractivity contribution in [2.45, 2.75) is 6.54 Å². The van der Waals surface area contributed by atoms with Gasteiger partial charge < -0.3 is 10.7 Å². The van der Waals surface area contributed by atoms with Gasteiger partial charge in [0.05, 0.1) is 29.3 Å². The molecule has 0 radical (unpaired) electrons. The summed E-state index contributed by atoms with van der Waals surface area (Å²) in [4.78, 5) is 14.3. The van der Waals surface area contributed by atoms with Crippen molar-refractivity contribution < 1.29 is 4.92 Å². The Morgan fingerprint density at radius 2 is 2.16 bits per heavy atom. The highest BCUT2D eigenvalue weighted by Crippen LogP contribution is 2.20. The Balaban J connectivity index is 2.15. The summed E-state index contributed by atoms with van der Waals surface area (Å²) in [6, 6.07) is 6.09. The lowest BCUT2D eigenvalue weighted by molar-refractivity contribution is -0.384. The van der Waals surface area contributed by atoms with Gasteiger partial charge in [0.25, 0.3) is 5.69 Å². The maximum atomic E-state index is 10.8. The molecule has 98 valence electrons. The van der Waals surface area contributed by atoms with Gasteiger partial charge >= 0.3 is 0 Å². The third kappa shape index (κ3) is 3.33. The Labute approximate surface area is 108 Å². The summed E-state index contributed by atoms with van der Waals surface area (Å²) in [5.74, 6) is 5.74. The lowest BCUT2D eigenvalue weighted by Crippen LogP contribution is -2.11. The zero-order valence-electron chi connectivity index (χ0n) is 9.78. The Morgan fingerprint density at radius 3 is 2.79 bits per heavy atom. The number of nitrogen functional groups attached to an aromatic ring is 1. The molecule has 2 rings (SSSR count). The smallest absolute Gasteiger partial charge is 0.276 e. The second-order valence-electron chi connectivity index (χ2n) is 3.57. The highest BCUT2D eigenvalue weighted by atomic mass is 16.6. The van der Waals surface area contributed by atoms with Gasteiger partial charge in [0.15, 0.2) is 0 Å². The summed E-state index contributed by atoms with van der Waals surface area (Å²) >= 11 is 0. The summed E-state index contributed by atoms with van der Waals surface area (Å²) in [7, 11) is 0. The van der Waals surface area contributed by atoms with Crippen LogP contribution in [0, 0.1) is 10.1 Å². The van der Waals surface area contributed by atoms with Gasteiger partial charge in [0, 0.05) is 6.20 Å². The summed E-state index contributed by atoms with van der Waals surface area (Å²) in [5.41, 5.74) is 2.86. The minimum atomic E-state index is -0.518. The van der Waals surface area contributed by atoms with Crippen LogP contribution in [0.2, 0.25) is 0 Å². The van der Waals surface area contributed by atoms with Gasteiger partial charge in [0.2, 0.25) is 0 Å². The summed E-state index contributed by atoms with van der Waals surface area (Å²) in [6.45, 7) is 0.353. The molecular weight excluding hydrogens is 250 g/mol. The van der Waals surface area contributed by atoms with Gasteiger partial charge in [-0.05, 0) is 12.1 Å². The molecule has 0 bridgehead atoms. The predicted molar refractivity (Wildman–Crippen MR) is 68.1 cm³/mol. The van der Waals surface area contributed by atoms with Crippen molar-refractivity contribution in [1.82, 2.24) is 15.2 Å². The summed E-state index contributed by atoms with van der Waals surface area (Å²) in [5, 5.41) is 21.3. The predicted octanol–water partition coefficient (Wildman–Crippen LogP) is 0.677. The average Bonchev–Trinajstić information content (AvgIpc) is 2.45. The Bertz CT molecular complexity index is 575. The number of nitro groups is 1. The molecule has 9 heteroatoms. The zero-order chi connectivity index (χ0) is 13.7. The fourth-order valence-corrected chi connectivity index (χ4v) is 1.39. The van der Waals surface area contributed by atoms with E-state index in [2.05, 4.69) is 25.9 Å². The minimum absolute atomic E-state index is 0.107. The van der Waals surface area contributed by atoms with Crippen molar-refractivity contribution in [2.75, 3.05) is 10.7 Å². The number of hydrazine groups is 1. The highest BCUT2D eigenvalue weighted by molar-refractivity contribution is 5.54. The van der Waals surface area contributed by atoms with E-state index in [1.54, 1.807) is 18.3 Å². The number of rotatable bonds is 5. The maximum absolute atomic E-state index is 10.8. The first-order valence-electron chi connectivity index (χ1n) is 5.32. The van der Waals surface area contributed by atoms with E-state index < -0.39 is 4.92 Å². The van der Waals surface area contributed by atoms with Crippen molar-refractivity contribution >= 4 is 17.3 Å². The first kappa shape index (κ1) is 12.6. The van der Waals surface area contributed by atoms with E-state index in [1.807, 2.05) is 0 Å². The zero-order valence-corrected chi connectivity index (χ0v) is 9.78. The maximum Gasteiger partial charge on any atom is 0.276 e. The van der Waals surface area contributed by atoms with Gasteiger partial charge in [-0.3, -0.25) is 10.1 Å². The normalized spacial score (nSPS) is 9.95. The van der Waals surface area contributed by atoms with Crippen LogP contribution in [0.4, 0.5) is 17.3 Å². The van der Waals surface area contributed by atoms with Crippen molar-refractivity contribution in [3.05, 3.63) is 46.3 Å². The molecule has 0 amide bonds. The monoisotopic (exact) mass is 261 g/mol. The van der Waals surface area contributed by atoms with E-state index >= 15 is 0 Å². The Morgan fingerprint density at radius 1 is 1.37 bits per heavy atom. The molecule has 0 unspecified atom stereocenters. The van der Waals surface area contributed by atoms with Crippen molar-refractivity contribution in [2.24, 2.45) is 5.84 Å². The molecule has 0 atom stereocenters. The molecule has 0 saturated carbocycles. The fraction of sp³-hybridized carbons (Fsp3) is 0.100. The van der Waals surface area contributed by atoms with Crippen LogP contribution in [0.3, 0.4) is 0 Å². The van der Waals surface area contributed by atoms with E-state index in [0.29, 0.717) is 18.1 Å². The second-order valence-corrected chi connectivity index (χ2v) is 3.57. The molecule has 0 aromatic carbocycles. The number of nitrogens with one attached hydrogen (secondary N) is 2. The Kier molecular flexibility index (Phi) is 3.78. The number of hydrogen-bond acceptors (Lipinski definition) is 8. The number of aromatic nitrogens is 3. The van der Waals surface area contributed by atoms with Crippen LogP contribution < -0.4 is 16.6 Å². The molecule has 9 nitrogen and oxygen atoms in total. The summed E-state index contributed by atoms with van der Waals surface area (Å²) in [6.07, 6.45) is 1.56. The molecule has 0 aliphatic carbocycles. The molecule has 0 saturated heterocycles. The lowest BCUT2D eigenvalue weighted by atomic mass is 10.3. The quantitative estimate of drug-likeness (QED) is 0.406. The Hall–Kier alpha value is -2.81. The molecule has 0 aliphatic rings. The van der Waals surface area contributed by atoms with Crippen molar-refractivity contribution in [3.8, 4) is 0 Å². The van der Waals surface area contributed by atoms with Crippen LogP contribution in [0.25, 0.3) is 0 Å². The van der Waals surface area contributed by atoms with Crippen LogP contribution in [0.1, 0.15) is 5.69 Å². The number of nitrogens with zero attached hydrogens (tertiary/aromatic N) is 4.